The van der Waals surface area contributed by atoms with Gasteiger partial charge in [-0.25, -0.2) is 0 Å². The largest absolute Gasteiger partial charge is 0.314 e. The molecule has 1 heterocycles. The Morgan fingerprint density at radius 2 is 1.94 bits per heavy atom. The maximum atomic E-state index is 3.52. The van der Waals surface area contributed by atoms with Crippen molar-refractivity contribution in [2.75, 3.05) is 25.4 Å². The van der Waals surface area contributed by atoms with Crippen LogP contribution in [0.15, 0.2) is 0 Å². The van der Waals surface area contributed by atoms with Crippen LogP contribution in [0.4, 0.5) is 0 Å². The van der Waals surface area contributed by atoms with Crippen LogP contribution in [0, 0.1) is 0 Å². The zero-order chi connectivity index (χ0) is 12.9. The van der Waals surface area contributed by atoms with Crippen molar-refractivity contribution in [3.8, 4) is 0 Å². The number of hydrogen-bond donors (Lipinski definition) is 1. The highest BCUT2D eigenvalue weighted by atomic mass is 32.2. The molecular formula is C14H30N2S. The predicted octanol–water partition coefficient (Wildman–Crippen LogP) is 2.98. The van der Waals surface area contributed by atoms with Crippen LogP contribution in [0.1, 0.15) is 47.5 Å². The lowest BCUT2D eigenvalue weighted by atomic mass is 10.1. The summed E-state index contributed by atoms with van der Waals surface area (Å²) in [6.45, 7) is 15.3. The molecule has 0 aliphatic carbocycles. The van der Waals surface area contributed by atoms with Crippen molar-refractivity contribution in [1.29, 1.82) is 0 Å². The van der Waals surface area contributed by atoms with Gasteiger partial charge < -0.3 is 5.32 Å². The van der Waals surface area contributed by atoms with Crippen LogP contribution in [0.25, 0.3) is 0 Å². The summed E-state index contributed by atoms with van der Waals surface area (Å²) in [5.41, 5.74) is 0. The van der Waals surface area contributed by atoms with Crippen LogP contribution in [0.2, 0.25) is 0 Å². The highest BCUT2D eigenvalue weighted by Crippen LogP contribution is 2.31. The third-order valence-corrected chi connectivity index (χ3v) is 4.98. The average molecular weight is 258 g/mol. The maximum absolute atomic E-state index is 3.52. The fourth-order valence-corrected chi connectivity index (χ4v) is 3.35. The van der Waals surface area contributed by atoms with Gasteiger partial charge in [-0.3, -0.25) is 4.90 Å². The summed E-state index contributed by atoms with van der Waals surface area (Å²) in [5, 5.41) is 3.52. The molecule has 0 aromatic carbocycles. The molecule has 1 unspecified atom stereocenters. The summed E-state index contributed by atoms with van der Waals surface area (Å²) in [7, 11) is 0. The van der Waals surface area contributed by atoms with Crippen LogP contribution in [-0.4, -0.2) is 47.1 Å². The first-order valence-electron chi connectivity index (χ1n) is 7.02. The third kappa shape index (κ3) is 6.12. The zero-order valence-electron chi connectivity index (χ0n) is 12.3. The van der Waals surface area contributed by atoms with E-state index in [0.29, 0.717) is 10.8 Å². The fraction of sp³-hybridized carbons (Fsp3) is 1.00. The van der Waals surface area contributed by atoms with Gasteiger partial charge in [0.2, 0.25) is 0 Å². The minimum atomic E-state index is 0.477. The topological polar surface area (TPSA) is 15.3 Å². The molecule has 0 aromatic heterocycles. The number of nitrogens with zero attached hydrogens (tertiary/aromatic N) is 1. The monoisotopic (exact) mass is 258 g/mol. The average Bonchev–Trinajstić information content (AvgIpc) is 2.38. The van der Waals surface area contributed by atoms with Crippen LogP contribution in [0.3, 0.4) is 0 Å². The van der Waals surface area contributed by atoms with Gasteiger partial charge in [0.15, 0.2) is 0 Å². The predicted molar refractivity (Wildman–Crippen MR) is 79.9 cm³/mol. The van der Waals surface area contributed by atoms with E-state index in [1.807, 2.05) is 0 Å². The molecule has 1 rings (SSSR count). The summed E-state index contributed by atoms with van der Waals surface area (Å²) >= 11 is 2.13. The van der Waals surface area contributed by atoms with Gasteiger partial charge >= 0.3 is 0 Å². The molecule has 3 heteroatoms. The van der Waals surface area contributed by atoms with Crippen LogP contribution < -0.4 is 5.32 Å². The maximum Gasteiger partial charge on any atom is 0.0116 e. The van der Waals surface area contributed by atoms with E-state index in [1.165, 1.54) is 31.7 Å². The summed E-state index contributed by atoms with van der Waals surface area (Å²) in [4.78, 5) is 2.67. The SMILES string of the molecule is CC(C)NCCC(C)N1CCSC(C)(C)CC1. The summed E-state index contributed by atoms with van der Waals surface area (Å²) in [5.74, 6) is 1.29. The summed E-state index contributed by atoms with van der Waals surface area (Å²) in [6, 6.07) is 1.33. The Kier molecular flexibility index (Phi) is 6.32. The Hall–Kier alpha value is 0.270. The van der Waals surface area contributed by atoms with Gasteiger partial charge in [-0.15, -0.1) is 0 Å². The molecule has 1 aliphatic rings. The molecular weight excluding hydrogens is 228 g/mol. The molecule has 1 N–H and O–H groups in total. The first-order chi connectivity index (χ1) is 7.91. The molecule has 0 saturated carbocycles. The lowest BCUT2D eigenvalue weighted by Gasteiger charge is -2.28. The van der Waals surface area contributed by atoms with Crippen LogP contribution in [-0.2, 0) is 0 Å². The van der Waals surface area contributed by atoms with Gasteiger partial charge in [-0.05, 0) is 32.9 Å². The number of thioether (sulfide) groups is 1. The van der Waals surface area contributed by atoms with Crippen molar-refractivity contribution in [3.05, 3.63) is 0 Å². The summed E-state index contributed by atoms with van der Waals surface area (Å²) in [6.07, 6.45) is 2.59. The molecule has 0 amide bonds. The normalized spacial score (nSPS) is 23.6. The highest BCUT2D eigenvalue weighted by Gasteiger charge is 2.25. The Balaban J connectivity index is 2.29. The fourth-order valence-electron chi connectivity index (χ4n) is 2.24. The smallest absolute Gasteiger partial charge is 0.0116 e. The zero-order valence-corrected chi connectivity index (χ0v) is 13.1. The van der Waals surface area contributed by atoms with E-state index in [9.17, 15) is 0 Å². The minimum Gasteiger partial charge on any atom is -0.314 e. The lowest BCUT2D eigenvalue weighted by Crippen LogP contribution is -2.38. The molecule has 17 heavy (non-hydrogen) atoms. The van der Waals surface area contributed by atoms with E-state index in [0.717, 1.165) is 12.6 Å². The first kappa shape index (κ1) is 15.3. The van der Waals surface area contributed by atoms with E-state index in [2.05, 4.69) is 56.6 Å². The molecule has 0 aromatic rings. The molecule has 102 valence electrons. The molecule has 0 bridgehead atoms. The van der Waals surface area contributed by atoms with Gasteiger partial charge in [0.25, 0.3) is 0 Å². The second-order valence-corrected chi connectivity index (χ2v) is 7.94. The Morgan fingerprint density at radius 3 is 2.59 bits per heavy atom. The van der Waals surface area contributed by atoms with Gasteiger partial charge in [0.1, 0.15) is 0 Å². The number of hydrogen-bond acceptors (Lipinski definition) is 3. The molecule has 1 saturated heterocycles. The van der Waals surface area contributed by atoms with Gasteiger partial charge in [0, 0.05) is 29.1 Å². The Labute approximate surface area is 112 Å². The van der Waals surface area contributed by atoms with Crippen LogP contribution >= 0.6 is 11.8 Å². The van der Waals surface area contributed by atoms with Crippen LogP contribution in [0.5, 0.6) is 0 Å². The first-order valence-corrected chi connectivity index (χ1v) is 8.01. The second kappa shape index (κ2) is 7.01. The molecule has 1 aliphatic heterocycles. The number of nitrogens with one attached hydrogen (secondary N) is 1. The number of rotatable bonds is 5. The van der Waals surface area contributed by atoms with E-state index in [1.54, 1.807) is 0 Å². The second-order valence-electron chi connectivity index (χ2n) is 6.14. The summed E-state index contributed by atoms with van der Waals surface area (Å²) < 4.78 is 0.477. The van der Waals surface area contributed by atoms with E-state index in [4.69, 9.17) is 0 Å². The Bertz CT molecular complexity index is 216. The third-order valence-electron chi connectivity index (χ3n) is 3.61. The molecule has 1 fully saturated rings. The minimum absolute atomic E-state index is 0.477. The van der Waals surface area contributed by atoms with Crippen molar-refractivity contribution >= 4 is 11.8 Å². The van der Waals surface area contributed by atoms with Gasteiger partial charge in [-0.1, -0.05) is 27.7 Å². The lowest BCUT2D eigenvalue weighted by molar-refractivity contribution is 0.206. The molecule has 0 spiro atoms. The molecule has 2 nitrogen and oxygen atoms in total. The van der Waals surface area contributed by atoms with E-state index >= 15 is 0 Å². The quantitative estimate of drug-likeness (QED) is 0.816. The Morgan fingerprint density at radius 1 is 1.24 bits per heavy atom. The molecule has 1 atom stereocenters. The van der Waals surface area contributed by atoms with E-state index in [-0.39, 0.29) is 0 Å². The van der Waals surface area contributed by atoms with Crippen molar-refractivity contribution in [2.45, 2.75) is 64.3 Å². The van der Waals surface area contributed by atoms with Gasteiger partial charge in [0.05, 0.1) is 0 Å². The standard InChI is InChI=1S/C14H30N2S/c1-12(2)15-8-6-13(3)16-9-7-14(4,5)17-11-10-16/h12-13,15H,6-11H2,1-5H3. The van der Waals surface area contributed by atoms with E-state index < -0.39 is 0 Å². The van der Waals surface area contributed by atoms with Crippen molar-refractivity contribution < 1.29 is 0 Å². The van der Waals surface area contributed by atoms with Gasteiger partial charge in [-0.2, -0.15) is 11.8 Å². The highest BCUT2D eigenvalue weighted by molar-refractivity contribution is 8.00. The van der Waals surface area contributed by atoms with Crippen molar-refractivity contribution in [2.24, 2.45) is 0 Å². The molecule has 0 radical (unpaired) electrons. The van der Waals surface area contributed by atoms with Crippen molar-refractivity contribution in [1.82, 2.24) is 10.2 Å². The van der Waals surface area contributed by atoms with Crippen molar-refractivity contribution in [3.63, 3.8) is 0 Å².